The first kappa shape index (κ1) is 27.0. The number of hydrogen-bond acceptors (Lipinski definition) is 3. The molecule has 0 saturated heterocycles. The molecular weight excluding hydrogens is 495 g/mol. The van der Waals surface area contributed by atoms with Crippen LogP contribution < -0.4 is 4.74 Å². The Bertz CT molecular complexity index is 1410. The van der Waals surface area contributed by atoms with Crippen molar-refractivity contribution < 1.29 is 18.7 Å². The van der Waals surface area contributed by atoms with Gasteiger partial charge in [-0.2, -0.15) is 0 Å². The highest BCUT2D eigenvalue weighted by Gasteiger charge is 2.30. The zero-order valence-electron chi connectivity index (χ0n) is 22.0. The van der Waals surface area contributed by atoms with Crippen LogP contribution in [0, 0.1) is 31.5 Å². The number of rotatable bonds is 7. The molecule has 0 fully saturated rings. The highest BCUT2D eigenvalue weighted by Crippen LogP contribution is 2.35. The van der Waals surface area contributed by atoms with Crippen LogP contribution in [0.1, 0.15) is 30.5 Å². The Hall–Kier alpha value is -4.01. The average Bonchev–Trinajstić information content (AvgIpc) is 2.88. The Morgan fingerprint density at radius 1 is 0.816 bits per heavy atom. The Morgan fingerprint density at radius 3 is 1.95 bits per heavy atom. The third kappa shape index (κ3) is 7.06. The average molecular weight is 526 g/mol. The van der Waals surface area contributed by atoms with Gasteiger partial charge in [-0.1, -0.05) is 54.3 Å². The second-order valence-electron chi connectivity index (χ2n) is 9.35. The molecule has 0 bridgehead atoms. The number of esters is 1. The summed E-state index contributed by atoms with van der Waals surface area (Å²) in [5.74, 6) is 5.52. The maximum Gasteiger partial charge on any atom is 0.345 e. The lowest BCUT2D eigenvalue weighted by molar-refractivity contribution is -0.154. The molecule has 0 spiro atoms. The summed E-state index contributed by atoms with van der Waals surface area (Å²) in [5, 5.41) is 0. The van der Waals surface area contributed by atoms with Crippen LogP contribution in [-0.2, 0) is 20.4 Å². The van der Waals surface area contributed by atoms with Crippen LogP contribution in [-0.4, -0.2) is 18.2 Å². The molecule has 3 nitrogen and oxygen atoms in total. The molecule has 0 aliphatic heterocycles. The van der Waals surface area contributed by atoms with E-state index in [0.717, 1.165) is 11.1 Å². The molecule has 4 aromatic rings. The fourth-order valence-corrected chi connectivity index (χ4v) is 6.30. The van der Waals surface area contributed by atoms with Gasteiger partial charge in [-0.25, -0.2) is 9.18 Å². The molecule has 0 aromatic heterocycles. The van der Waals surface area contributed by atoms with Gasteiger partial charge >= 0.3 is 5.97 Å². The number of carbonyl (C=O) groups is 1. The summed E-state index contributed by atoms with van der Waals surface area (Å²) in [6, 6.07) is 31.1. The van der Waals surface area contributed by atoms with Crippen molar-refractivity contribution >= 4 is 16.9 Å². The first-order valence-corrected chi connectivity index (χ1v) is 13.5. The zero-order chi connectivity index (χ0) is 27.1. The minimum Gasteiger partial charge on any atom is -0.481 e. The molecular formula is C33H30FO3S+. The van der Waals surface area contributed by atoms with E-state index < -0.39 is 11.6 Å². The van der Waals surface area contributed by atoms with E-state index in [1.807, 2.05) is 26.0 Å². The summed E-state index contributed by atoms with van der Waals surface area (Å²) in [4.78, 5) is 16.2. The maximum absolute atomic E-state index is 13.4. The number of hydrogen-bond donors (Lipinski definition) is 0. The van der Waals surface area contributed by atoms with E-state index in [1.165, 1.54) is 26.8 Å². The van der Waals surface area contributed by atoms with E-state index >= 15 is 0 Å². The van der Waals surface area contributed by atoms with E-state index in [9.17, 15) is 9.18 Å². The van der Waals surface area contributed by atoms with E-state index in [1.54, 1.807) is 26.0 Å². The number of halogens is 1. The van der Waals surface area contributed by atoms with Gasteiger partial charge in [-0.3, -0.25) is 0 Å². The molecule has 4 rings (SSSR count). The van der Waals surface area contributed by atoms with Crippen molar-refractivity contribution in [1.82, 2.24) is 0 Å². The van der Waals surface area contributed by atoms with Crippen molar-refractivity contribution in [2.75, 3.05) is 6.61 Å². The SMILES string of the molecule is Cc1cc([S+](c2ccccc2)c2ccccc2)cc(C)c1OCC(=O)OC(C)(C)C#Cc1cccc(F)c1. The quantitative estimate of drug-likeness (QED) is 0.144. The number of aryl methyl sites for hydroxylation is 2. The van der Waals surface area contributed by atoms with Crippen LogP contribution in [0.25, 0.3) is 0 Å². The van der Waals surface area contributed by atoms with Gasteiger partial charge in [-0.15, -0.1) is 0 Å². The molecule has 0 saturated carbocycles. The number of ether oxygens (including phenoxy) is 2. The summed E-state index contributed by atoms with van der Waals surface area (Å²) >= 11 is 0. The molecule has 0 radical (unpaired) electrons. The standard InChI is InChI=1S/C33H30FO3S/c1-24-20-30(38(28-14-7-5-8-15-28)29-16-9-6-10-17-29)21-25(2)32(24)36-23-31(35)37-33(3,4)19-18-26-12-11-13-27(34)22-26/h5-17,20-22H,23H2,1-4H3/q+1. The lowest BCUT2D eigenvalue weighted by atomic mass is 10.1. The van der Waals surface area contributed by atoms with Crippen LogP contribution >= 0.6 is 0 Å². The fraction of sp³-hybridized carbons (Fsp3) is 0.182. The molecule has 0 unspecified atom stereocenters. The lowest BCUT2D eigenvalue weighted by Gasteiger charge is -2.20. The number of carbonyl (C=O) groups excluding carboxylic acids is 1. The second-order valence-corrected chi connectivity index (χ2v) is 11.4. The van der Waals surface area contributed by atoms with E-state index in [4.69, 9.17) is 9.47 Å². The lowest BCUT2D eigenvalue weighted by Crippen LogP contribution is -2.29. The van der Waals surface area contributed by atoms with Gasteiger partial charge in [0.15, 0.2) is 26.9 Å². The van der Waals surface area contributed by atoms with Crippen molar-refractivity contribution in [2.45, 2.75) is 48.0 Å². The summed E-state index contributed by atoms with van der Waals surface area (Å²) in [6.07, 6.45) is 0. The topological polar surface area (TPSA) is 35.5 Å². The normalized spacial score (nSPS) is 11.0. The van der Waals surface area contributed by atoms with E-state index in [2.05, 4.69) is 72.5 Å². The van der Waals surface area contributed by atoms with Crippen LogP contribution in [0.3, 0.4) is 0 Å². The van der Waals surface area contributed by atoms with Gasteiger partial charge in [0.05, 0.1) is 10.9 Å². The Kier molecular flexibility index (Phi) is 8.55. The Balaban J connectivity index is 1.49. The molecule has 4 aromatic carbocycles. The molecule has 0 aliphatic carbocycles. The highest BCUT2D eigenvalue weighted by molar-refractivity contribution is 7.97. The fourth-order valence-electron chi connectivity index (χ4n) is 4.04. The first-order chi connectivity index (χ1) is 18.2. The van der Waals surface area contributed by atoms with Crippen molar-refractivity contribution in [2.24, 2.45) is 0 Å². The van der Waals surface area contributed by atoms with Crippen molar-refractivity contribution in [1.29, 1.82) is 0 Å². The van der Waals surface area contributed by atoms with Crippen molar-refractivity contribution in [3.63, 3.8) is 0 Å². The van der Waals surface area contributed by atoms with Crippen molar-refractivity contribution in [3.05, 3.63) is 120 Å². The second kappa shape index (κ2) is 12.0. The van der Waals surface area contributed by atoms with Gasteiger partial charge in [0.1, 0.15) is 11.6 Å². The largest absolute Gasteiger partial charge is 0.481 e. The zero-order valence-corrected chi connectivity index (χ0v) is 22.8. The van der Waals surface area contributed by atoms with E-state index in [0.29, 0.717) is 11.3 Å². The van der Waals surface area contributed by atoms with Crippen LogP contribution in [0.4, 0.5) is 4.39 Å². The predicted molar refractivity (Wildman–Crippen MR) is 150 cm³/mol. The van der Waals surface area contributed by atoms with Crippen molar-refractivity contribution in [3.8, 4) is 17.6 Å². The molecule has 192 valence electrons. The van der Waals surface area contributed by atoms with Gasteiger partial charge < -0.3 is 9.47 Å². The molecule has 0 heterocycles. The molecule has 0 amide bonds. The summed E-state index contributed by atoms with van der Waals surface area (Å²) < 4.78 is 24.9. The molecule has 38 heavy (non-hydrogen) atoms. The molecule has 0 aliphatic rings. The summed E-state index contributed by atoms with van der Waals surface area (Å²) in [7, 11) is -0.275. The minimum absolute atomic E-state index is 0.241. The molecule has 0 atom stereocenters. The maximum atomic E-state index is 13.4. The van der Waals surface area contributed by atoms with Crippen LogP contribution in [0.5, 0.6) is 5.75 Å². The molecule has 5 heteroatoms. The van der Waals surface area contributed by atoms with Gasteiger partial charge in [0, 0.05) is 17.7 Å². The first-order valence-electron chi connectivity index (χ1n) is 12.3. The third-order valence-corrected chi connectivity index (χ3v) is 7.86. The summed E-state index contributed by atoms with van der Waals surface area (Å²) in [6.45, 7) is 7.12. The Morgan fingerprint density at radius 2 is 1.39 bits per heavy atom. The minimum atomic E-state index is -1.06. The summed E-state index contributed by atoms with van der Waals surface area (Å²) in [5.41, 5.74) is 1.35. The van der Waals surface area contributed by atoms with Gasteiger partial charge in [-0.05, 0) is 81.3 Å². The van der Waals surface area contributed by atoms with Gasteiger partial charge in [0.2, 0.25) is 0 Å². The smallest absolute Gasteiger partial charge is 0.345 e. The molecule has 0 N–H and O–H groups in total. The Labute approximate surface area is 227 Å². The number of benzene rings is 4. The van der Waals surface area contributed by atoms with Crippen LogP contribution in [0.2, 0.25) is 0 Å². The monoisotopic (exact) mass is 525 g/mol. The van der Waals surface area contributed by atoms with Crippen LogP contribution in [0.15, 0.2) is 112 Å². The predicted octanol–water partition coefficient (Wildman–Crippen LogP) is 7.29. The third-order valence-electron chi connectivity index (χ3n) is 5.66. The highest BCUT2D eigenvalue weighted by atomic mass is 32.2. The van der Waals surface area contributed by atoms with E-state index in [-0.39, 0.29) is 23.3 Å². The van der Waals surface area contributed by atoms with Gasteiger partial charge in [0.25, 0.3) is 0 Å².